The van der Waals surface area contributed by atoms with Crippen LogP contribution in [-0.4, -0.2) is 20.2 Å². The van der Waals surface area contributed by atoms with E-state index in [-0.39, 0.29) is 5.56 Å². The summed E-state index contributed by atoms with van der Waals surface area (Å²) < 4.78 is 0. The van der Waals surface area contributed by atoms with Crippen molar-refractivity contribution in [2.24, 2.45) is 0 Å². The normalized spacial score (nSPS) is 10.4. The SMILES string of the molecule is Nc1nnc(CSc2nccc(=O)[nH]2)s1. The zero-order chi connectivity index (χ0) is 10.7. The molecule has 0 unspecified atom stereocenters. The Morgan fingerprint density at radius 3 is 3.07 bits per heavy atom. The second-order valence-corrected chi connectivity index (χ2v) is 4.62. The number of nitrogens with one attached hydrogen (secondary N) is 1. The Balaban J connectivity index is 2.02. The number of thioether (sulfide) groups is 1. The highest BCUT2D eigenvalue weighted by molar-refractivity contribution is 7.98. The Bertz CT molecular complexity index is 508. The van der Waals surface area contributed by atoms with E-state index in [1.54, 1.807) is 0 Å². The van der Waals surface area contributed by atoms with E-state index in [0.29, 0.717) is 16.0 Å². The summed E-state index contributed by atoms with van der Waals surface area (Å²) in [4.78, 5) is 17.6. The van der Waals surface area contributed by atoms with E-state index in [9.17, 15) is 4.79 Å². The van der Waals surface area contributed by atoms with Crippen LogP contribution >= 0.6 is 23.1 Å². The molecule has 2 heterocycles. The lowest BCUT2D eigenvalue weighted by Crippen LogP contribution is -2.05. The molecule has 15 heavy (non-hydrogen) atoms. The van der Waals surface area contributed by atoms with E-state index in [1.165, 1.54) is 35.4 Å². The predicted octanol–water partition coefficient (Wildman–Crippen LogP) is 0.496. The van der Waals surface area contributed by atoms with Gasteiger partial charge in [-0.2, -0.15) is 0 Å². The van der Waals surface area contributed by atoms with Gasteiger partial charge in [0.05, 0.1) is 5.75 Å². The Kier molecular flexibility index (Phi) is 2.97. The highest BCUT2D eigenvalue weighted by Crippen LogP contribution is 2.21. The van der Waals surface area contributed by atoms with Crippen LogP contribution in [0.3, 0.4) is 0 Å². The third kappa shape index (κ3) is 2.77. The molecule has 0 spiro atoms. The molecule has 2 aromatic rings. The van der Waals surface area contributed by atoms with Crippen molar-refractivity contribution in [2.45, 2.75) is 10.9 Å². The molecule has 0 aliphatic carbocycles. The van der Waals surface area contributed by atoms with E-state index in [2.05, 4.69) is 20.2 Å². The van der Waals surface area contributed by atoms with Gasteiger partial charge < -0.3 is 10.7 Å². The summed E-state index contributed by atoms with van der Waals surface area (Å²) in [5.74, 6) is 0.599. The van der Waals surface area contributed by atoms with Crippen LogP contribution in [0.15, 0.2) is 22.2 Å². The van der Waals surface area contributed by atoms with Crippen molar-refractivity contribution >= 4 is 28.2 Å². The van der Waals surface area contributed by atoms with Crippen molar-refractivity contribution in [3.05, 3.63) is 27.6 Å². The summed E-state index contributed by atoms with van der Waals surface area (Å²) in [6.07, 6.45) is 1.47. The van der Waals surface area contributed by atoms with Crippen LogP contribution in [-0.2, 0) is 5.75 Å². The van der Waals surface area contributed by atoms with Gasteiger partial charge in [-0.05, 0) is 0 Å². The topological polar surface area (TPSA) is 97.5 Å². The van der Waals surface area contributed by atoms with Crippen molar-refractivity contribution in [2.75, 3.05) is 5.73 Å². The Morgan fingerprint density at radius 2 is 2.40 bits per heavy atom. The summed E-state index contributed by atoms with van der Waals surface area (Å²) in [5, 5.41) is 9.36. The van der Waals surface area contributed by atoms with Crippen LogP contribution < -0.4 is 11.3 Å². The molecule has 8 heteroatoms. The Labute approximate surface area is 93.0 Å². The zero-order valence-electron chi connectivity index (χ0n) is 7.51. The van der Waals surface area contributed by atoms with Gasteiger partial charge in [0.25, 0.3) is 5.56 Å². The number of hydrogen-bond acceptors (Lipinski definition) is 7. The third-order valence-electron chi connectivity index (χ3n) is 1.46. The fraction of sp³-hybridized carbons (Fsp3) is 0.143. The molecule has 0 aliphatic heterocycles. The first-order chi connectivity index (χ1) is 7.24. The van der Waals surface area contributed by atoms with E-state index in [0.717, 1.165) is 5.01 Å². The lowest BCUT2D eigenvalue weighted by Gasteiger charge is -1.95. The number of rotatable bonds is 3. The van der Waals surface area contributed by atoms with Crippen LogP contribution in [0.25, 0.3) is 0 Å². The fourth-order valence-electron chi connectivity index (χ4n) is 0.880. The van der Waals surface area contributed by atoms with Gasteiger partial charge in [-0.25, -0.2) is 4.98 Å². The number of nitrogens with two attached hydrogens (primary N) is 1. The van der Waals surface area contributed by atoms with Crippen LogP contribution in [0.5, 0.6) is 0 Å². The van der Waals surface area contributed by atoms with Gasteiger partial charge in [-0.3, -0.25) is 4.79 Å². The molecule has 0 radical (unpaired) electrons. The smallest absolute Gasteiger partial charge is 0.251 e. The summed E-state index contributed by atoms with van der Waals surface area (Å²) in [5.41, 5.74) is 5.27. The van der Waals surface area contributed by atoms with Crippen LogP contribution in [0, 0.1) is 0 Å². The van der Waals surface area contributed by atoms with Crippen LogP contribution in [0.4, 0.5) is 5.13 Å². The Morgan fingerprint density at radius 1 is 1.53 bits per heavy atom. The number of aromatic amines is 1. The second kappa shape index (κ2) is 4.41. The third-order valence-corrected chi connectivity index (χ3v) is 3.30. The van der Waals surface area contributed by atoms with Gasteiger partial charge in [0.2, 0.25) is 5.13 Å². The first kappa shape index (κ1) is 10.1. The van der Waals surface area contributed by atoms with Crippen molar-refractivity contribution in [3.63, 3.8) is 0 Å². The number of hydrogen-bond donors (Lipinski definition) is 2. The van der Waals surface area contributed by atoms with Gasteiger partial charge in [-0.15, -0.1) is 10.2 Å². The van der Waals surface area contributed by atoms with Gasteiger partial charge in [0.15, 0.2) is 5.16 Å². The van der Waals surface area contributed by atoms with Crippen molar-refractivity contribution in [1.29, 1.82) is 0 Å². The molecule has 0 aromatic carbocycles. The molecule has 0 atom stereocenters. The van der Waals surface area contributed by atoms with Gasteiger partial charge in [-0.1, -0.05) is 23.1 Å². The molecular weight excluding hydrogens is 234 g/mol. The maximum absolute atomic E-state index is 11.0. The highest BCUT2D eigenvalue weighted by Gasteiger charge is 2.03. The lowest BCUT2D eigenvalue weighted by atomic mass is 10.7. The monoisotopic (exact) mass is 241 g/mol. The summed E-state index contributed by atoms with van der Waals surface area (Å²) >= 11 is 2.71. The van der Waals surface area contributed by atoms with E-state index in [4.69, 9.17) is 5.73 Å². The second-order valence-electron chi connectivity index (χ2n) is 2.56. The average molecular weight is 241 g/mol. The minimum absolute atomic E-state index is 0.163. The lowest BCUT2D eigenvalue weighted by molar-refractivity contribution is 0.934. The summed E-state index contributed by atoms with van der Waals surface area (Å²) in [6, 6.07) is 1.37. The molecule has 0 fully saturated rings. The van der Waals surface area contributed by atoms with Crippen LogP contribution in [0.2, 0.25) is 0 Å². The van der Waals surface area contributed by atoms with E-state index in [1.807, 2.05) is 0 Å². The number of nitrogens with zero attached hydrogens (tertiary/aromatic N) is 3. The maximum atomic E-state index is 11.0. The summed E-state index contributed by atoms with van der Waals surface area (Å²) in [6.45, 7) is 0. The number of nitrogen functional groups attached to an aromatic ring is 1. The largest absolute Gasteiger partial charge is 0.374 e. The first-order valence-corrected chi connectivity index (χ1v) is 5.80. The Hall–Kier alpha value is -1.41. The van der Waals surface area contributed by atoms with Crippen molar-refractivity contribution < 1.29 is 0 Å². The zero-order valence-corrected chi connectivity index (χ0v) is 9.14. The minimum Gasteiger partial charge on any atom is -0.374 e. The molecule has 78 valence electrons. The molecule has 2 rings (SSSR count). The average Bonchev–Trinajstić information content (AvgIpc) is 2.62. The van der Waals surface area contributed by atoms with E-state index < -0.39 is 0 Å². The number of H-pyrrole nitrogens is 1. The number of anilines is 1. The molecule has 0 bridgehead atoms. The van der Waals surface area contributed by atoms with Crippen molar-refractivity contribution in [3.8, 4) is 0 Å². The molecule has 3 N–H and O–H groups in total. The molecule has 6 nitrogen and oxygen atoms in total. The molecule has 0 saturated carbocycles. The van der Waals surface area contributed by atoms with Gasteiger partial charge in [0, 0.05) is 12.3 Å². The molecular formula is C7H7N5OS2. The molecule has 0 amide bonds. The molecule has 0 saturated heterocycles. The quantitative estimate of drug-likeness (QED) is 0.599. The van der Waals surface area contributed by atoms with E-state index >= 15 is 0 Å². The first-order valence-electron chi connectivity index (χ1n) is 4.00. The fourth-order valence-corrected chi connectivity index (χ4v) is 2.32. The molecule has 0 aliphatic rings. The predicted molar refractivity (Wildman–Crippen MR) is 58.7 cm³/mol. The minimum atomic E-state index is -0.163. The van der Waals surface area contributed by atoms with Gasteiger partial charge >= 0.3 is 0 Å². The van der Waals surface area contributed by atoms with Crippen LogP contribution in [0.1, 0.15) is 5.01 Å². The van der Waals surface area contributed by atoms with Gasteiger partial charge in [0.1, 0.15) is 5.01 Å². The van der Waals surface area contributed by atoms with Crippen molar-refractivity contribution in [1.82, 2.24) is 20.2 Å². The maximum Gasteiger partial charge on any atom is 0.251 e. The standard InChI is InChI=1S/C7H7N5OS2/c8-6-12-11-5(15-6)3-14-7-9-2-1-4(13)10-7/h1-2H,3H2,(H2,8,12)(H,9,10,13). The molecule has 2 aromatic heterocycles. The highest BCUT2D eigenvalue weighted by atomic mass is 32.2. The summed E-state index contributed by atoms with van der Waals surface area (Å²) in [7, 11) is 0. The number of aromatic nitrogens is 4.